The minimum atomic E-state index is -0.649. The number of aliphatic hydroxyl groups is 2. The molecule has 2 bridgehead atoms. The van der Waals surface area contributed by atoms with E-state index in [2.05, 4.69) is 5.32 Å². The van der Waals surface area contributed by atoms with Gasteiger partial charge in [-0.3, -0.25) is 4.79 Å². The highest BCUT2D eigenvalue weighted by atomic mass is 35.5. The SMILES string of the molecule is Cc1cc(Cl)ccc1OCC(=O)NC[C@@H]1C[C@H]2C[C@@H]1[C@H](O)[C@@H]2O. The molecule has 0 heterocycles. The van der Waals surface area contributed by atoms with Crippen LogP contribution in [-0.4, -0.2) is 41.5 Å². The van der Waals surface area contributed by atoms with Crippen LogP contribution >= 0.6 is 11.6 Å². The number of fused-ring (bicyclic) bond motifs is 2. The number of hydrogen-bond donors (Lipinski definition) is 3. The number of amides is 1. The molecule has 6 heteroatoms. The van der Waals surface area contributed by atoms with Crippen molar-refractivity contribution in [1.82, 2.24) is 5.32 Å². The minimum Gasteiger partial charge on any atom is -0.484 e. The molecule has 0 unspecified atom stereocenters. The number of carbonyl (C=O) groups is 1. The number of ether oxygens (including phenoxy) is 1. The van der Waals surface area contributed by atoms with Crippen molar-refractivity contribution in [3.05, 3.63) is 28.8 Å². The molecule has 2 aliphatic carbocycles. The van der Waals surface area contributed by atoms with Gasteiger partial charge in [-0.15, -0.1) is 0 Å². The fourth-order valence-corrected chi connectivity index (χ4v) is 4.11. The first-order chi connectivity index (χ1) is 11.0. The van der Waals surface area contributed by atoms with Crippen molar-refractivity contribution in [2.45, 2.75) is 32.0 Å². The molecule has 1 aromatic rings. The Morgan fingerprint density at radius 3 is 2.78 bits per heavy atom. The van der Waals surface area contributed by atoms with Crippen LogP contribution in [0.4, 0.5) is 0 Å². The standard InChI is InChI=1S/C17H22ClNO4/c1-9-4-12(18)2-3-14(9)23-8-15(20)19-7-11-5-10-6-13(11)17(22)16(10)21/h2-4,10-11,13,16-17,21-22H,5-8H2,1H3,(H,19,20)/t10-,11-,13-,16+,17-/m0/s1. The van der Waals surface area contributed by atoms with Gasteiger partial charge in [-0.05, 0) is 61.3 Å². The van der Waals surface area contributed by atoms with E-state index >= 15 is 0 Å². The lowest BCUT2D eigenvalue weighted by Gasteiger charge is -2.29. The third-order valence-corrected chi connectivity index (χ3v) is 5.35. The van der Waals surface area contributed by atoms with Gasteiger partial charge in [0.05, 0.1) is 12.2 Å². The van der Waals surface area contributed by atoms with Gasteiger partial charge in [0.2, 0.25) is 0 Å². The van der Waals surface area contributed by atoms with E-state index in [0.29, 0.717) is 17.3 Å². The molecule has 2 saturated carbocycles. The van der Waals surface area contributed by atoms with Crippen molar-refractivity contribution in [2.75, 3.05) is 13.2 Å². The number of halogens is 1. The van der Waals surface area contributed by atoms with Crippen LogP contribution in [0.2, 0.25) is 5.02 Å². The first kappa shape index (κ1) is 16.6. The summed E-state index contributed by atoms with van der Waals surface area (Å²) in [5.41, 5.74) is 0.885. The van der Waals surface area contributed by atoms with Crippen LogP contribution in [-0.2, 0) is 4.79 Å². The average Bonchev–Trinajstić information content (AvgIpc) is 3.04. The summed E-state index contributed by atoms with van der Waals surface area (Å²) in [6, 6.07) is 5.26. The van der Waals surface area contributed by atoms with Crippen molar-refractivity contribution in [3.63, 3.8) is 0 Å². The minimum absolute atomic E-state index is 0.0472. The van der Waals surface area contributed by atoms with Gasteiger partial charge in [0.15, 0.2) is 6.61 Å². The van der Waals surface area contributed by atoms with Crippen LogP contribution < -0.4 is 10.1 Å². The maximum absolute atomic E-state index is 11.9. The lowest BCUT2D eigenvalue weighted by molar-refractivity contribution is -0.123. The summed E-state index contributed by atoms with van der Waals surface area (Å²) in [5.74, 6) is 0.958. The highest BCUT2D eigenvalue weighted by Gasteiger charge is 2.51. The largest absolute Gasteiger partial charge is 0.484 e. The maximum atomic E-state index is 11.9. The zero-order valence-corrected chi connectivity index (χ0v) is 13.8. The van der Waals surface area contributed by atoms with Gasteiger partial charge in [0, 0.05) is 11.6 Å². The Morgan fingerprint density at radius 1 is 1.35 bits per heavy atom. The number of hydrogen-bond acceptors (Lipinski definition) is 4. The third kappa shape index (κ3) is 3.47. The lowest BCUT2D eigenvalue weighted by atomic mass is 9.85. The maximum Gasteiger partial charge on any atom is 0.257 e. The van der Waals surface area contributed by atoms with E-state index in [1.54, 1.807) is 18.2 Å². The fourth-order valence-electron chi connectivity index (χ4n) is 3.88. The quantitative estimate of drug-likeness (QED) is 0.760. The average molecular weight is 340 g/mol. The summed E-state index contributed by atoms with van der Waals surface area (Å²) >= 11 is 5.88. The third-order valence-electron chi connectivity index (χ3n) is 5.11. The summed E-state index contributed by atoms with van der Waals surface area (Å²) in [4.78, 5) is 11.9. The highest BCUT2D eigenvalue weighted by Crippen LogP contribution is 2.48. The highest BCUT2D eigenvalue weighted by molar-refractivity contribution is 6.30. The van der Waals surface area contributed by atoms with E-state index in [9.17, 15) is 15.0 Å². The number of benzene rings is 1. The summed E-state index contributed by atoms with van der Waals surface area (Å²) in [7, 11) is 0. The summed E-state index contributed by atoms with van der Waals surface area (Å²) in [6.45, 7) is 2.35. The van der Waals surface area contributed by atoms with Crippen LogP contribution in [0, 0.1) is 24.7 Å². The van der Waals surface area contributed by atoms with Crippen molar-refractivity contribution >= 4 is 17.5 Å². The molecule has 2 aliphatic rings. The predicted octanol–water partition coefficient (Wildman–Crippen LogP) is 1.52. The Bertz CT molecular complexity index is 592. The number of aryl methyl sites for hydroxylation is 1. The van der Waals surface area contributed by atoms with Gasteiger partial charge < -0.3 is 20.3 Å². The second-order valence-corrected chi connectivity index (χ2v) is 7.08. The van der Waals surface area contributed by atoms with Crippen LogP contribution in [0.15, 0.2) is 18.2 Å². The Balaban J connectivity index is 1.44. The van der Waals surface area contributed by atoms with E-state index < -0.39 is 12.2 Å². The predicted molar refractivity (Wildman–Crippen MR) is 86.4 cm³/mol. The number of carbonyl (C=O) groups excluding carboxylic acids is 1. The van der Waals surface area contributed by atoms with Crippen molar-refractivity contribution in [2.24, 2.45) is 17.8 Å². The zero-order valence-electron chi connectivity index (χ0n) is 13.0. The molecule has 0 radical (unpaired) electrons. The molecular weight excluding hydrogens is 318 g/mol. The van der Waals surface area contributed by atoms with E-state index in [1.807, 2.05) is 6.92 Å². The second kappa shape index (κ2) is 6.67. The van der Waals surface area contributed by atoms with Crippen LogP contribution in [0.3, 0.4) is 0 Å². The second-order valence-electron chi connectivity index (χ2n) is 6.64. The summed E-state index contributed by atoms with van der Waals surface area (Å²) in [6.07, 6.45) is 0.468. The van der Waals surface area contributed by atoms with Gasteiger partial charge in [-0.1, -0.05) is 11.6 Å². The molecule has 3 N–H and O–H groups in total. The molecule has 1 amide bonds. The molecule has 5 atom stereocenters. The Labute approximate surface area is 140 Å². The molecule has 3 rings (SSSR count). The number of nitrogens with one attached hydrogen (secondary N) is 1. The molecule has 5 nitrogen and oxygen atoms in total. The molecule has 0 aromatic heterocycles. The zero-order chi connectivity index (χ0) is 16.6. The molecule has 2 fully saturated rings. The Kier molecular flexibility index (Phi) is 4.80. The molecule has 1 aromatic carbocycles. The van der Waals surface area contributed by atoms with Gasteiger partial charge in [0.25, 0.3) is 5.91 Å². The molecule has 23 heavy (non-hydrogen) atoms. The van der Waals surface area contributed by atoms with E-state index in [1.165, 1.54) is 0 Å². The van der Waals surface area contributed by atoms with Crippen LogP contribution in [0.25, 0.3) is 0 Å². The van der Waals surface area contributed by atoms with Gasteiger partial charge in [0.1, 0.15) is 5.75 Å². The van der Waals surface area contributed by atoms with Gasteiger partial charge in [-0.25, -0.2) is 0 Å². The van der Waals surface area contributed by atoms with Crippen molar-refractivity contribution in [1.29, 1.82) is 0 Å². The van der Waals surface area contributed by atoms with Gasteiger partial charge >= 0.3 is 0 Å². The summed E-state index contributed by atoms with van der Waals surface area (Å²) in [5, 5.41) is 23.2. The molecular formula is C17H22ClNO4. The molecule has 126 valence electrons. The Morgan fingerprint density at radius 2 is 2.13 bits per heavy atom. The lowest BCUT2D eigenvalue weighted by Crippen LogP contribution is -2.42. The van der Waals surface area contributed by atoms with Crippen LogP contribution in [0.5, 0.6) is 5.75 Å². The Hall–Kier alpha value is -1.30. The molecule has 0 saturated heterocycles. The normalized spacial score (nSPS) is 32.1. The summed E-state index contributed by atoms with van der Waals surface area (Å²) < 4.78 is 5.51. The fraction of sp³-hybridized carbons (Fsp3) is 0.588. The molecule has 0 aliphatic heterocycles. The monoisotopic (exact) mass is 339 g/mol. The first-order valence-corrected chi connectivity index (χ1v) is 8.35. The van der Waals surface area contributed by atoms with Gasteiger partial charge in [-0.2, -0.15) is 0 Å². The van der Waals surface area contributed by atoms with Crippen molar-refractivity contribution < 1.29 is 19.7 Å². The number of rotatable bonds is 5. The first-order valence-electron chi connectivity index (χ1n) is 7.97. The number of aliphatic hydroxyl groups excluding tert-OH is 2. The van der Waals surface area contributed by atoms with Crippen molar-refractivity contribution in [3.8, 4) is 5.75 Å². The molecule has 0 spiro atoms. The topological polar surface area (TPSA) is 78.8 Å². The van der Waals surface area contributed by atoms with E-state index in [0.717, 1.165) is 18.4 Å². The smallest absolute Gasteiger partial charge is 0.257 e. The van der Waals surface area contributed by atoms with E-state index in [4.69, 9.17) is 16.3 Å². The van der Waals surface area contributed by atoms with Crippen LogP contribution in [0.1, 0.15) is 18.4 Å². The van der Waals surface area contributed by atoms with E-state index in [-0.39, 0.29) is 30.3 Å².